The Hall–Kier alpha value is -3.53. The van der Waals surface area contributed by atoms with Crippen molar-refractivity contribution in [3.8, 4) is 28.7 Å². The quantitative estimate of drug-likeness (QED) is 0.534. The van der Waals surface area contributed by atoms with Crippen LogP contribution in [0.25, 0.3) is 28.3 Å². The molecule has 5 rings (SSSR count). The number of aromatic nitrogens is 6. The molecule has 4 heterocycles. The van der Waals surface area contributed by atoms with Gasteiger partial charge in [-0.25, -0.2) is 9.97 Å². The van der Waals surface area contributed by atoms with Crippen molar-refractivity contribution in [3.05, 3.63) is 54.9 Å². The number of hydrogen-bond donors (Lipinski definition) is 0. The topological polar surface area (TPSA) is 84.7 Å². The molecule has 0 amide bonds. The largest absolute Gasteiger partial charge is 0.284 e. The van der Waals surface area contributed by atoms with E-state index in [2.05, 4.69) is 21.1 Å². The second-order valence-electron chi connectivity index (χ2n) is 7.28. The first kappa shape index (κ1) is 16.6. The summed E-state index contributed by atoms with van der Waals surface area (Å²) in [5.41, 5.74) is 4.48. The highest BCUT2D eigenvalue weighted by Gasteiger charge is 2.33. The van der Waals surface area contributed by atoms with Gasteiger partial charge in [0.15, 0.2) is 0 Å². The molecule has 0 N–H and O–H groups in total. The van der Waals surface area contributed by atoms with Gasteiger partial charge in [0, 0.05) is 42.1 Å². The number of aryl methyl sites for hydroxylation is 1. The van der Waals surface area contributed by atoms with Gasteiger partial charge in [0.2, 0.25) is 0 Å². The average Bonchev–Trinajstić information content (AvgIpc) is 3.23. The lowest BCUT2D eigenvalue weighted by atomic mass is 10.1. The fourth-order valence-corrected chi connectivity index (χ4v) is 3.58. The highest BCUT2D eigenvalue weighted by Crippen LogP contribution is 2.41. The van der Waals surface area contributed by atoms with Crippen LogP contribution in [-0.2, 0) is 0 Å². The van der Waals surface area contributed by atoms with Gasteiger partial charge in [-0.15, -0.1) is 0 Å². The summed E-state index contributed by atoms with van der Waals surface area (Å²) in [4.78, 5) is 13.7. The summed E-state index contributed by atoms with van der Waals surface area (Å²) in [5, 5.41) is 13.7. The van der Waals surface area contributed by atoms with Crippen LogP contribution >= 0.6 is 0 Å². The minimum Gasteiger partial charge on any atom is -0.284 e. The van der Waals surface area contributed by atoms with Crippen molar-refractivity contribution in [2.75, 3.05) is 0 Å². The van der Waals surface area contributed by atoms with Gasteiger partial charge in [-0.05, 0) is 37.8 Å². The fraction of sp³-hybridized carbons (Fsp3) is 0.286. The zero-order valence-corrected chi connectivity index (χ0v) is 15.5. The molecule has 138 valence electrons. The molecule has 7 nitrogen and oxygen atoms in total. The smallest absolute Gasteiger partial charge is 0.149 e. The normalized spacial score (nSPS) is 14.9. The van der Waals surface area contributed by atoms with Crippen LogP contribution in [0.2, 0.25) is 0 Å². The summed E-state index contributed by atoms with van der Waals surface area (Å²) in [6, 6.07) is 8.40. The zero-order valence-electron chi connectivity index (χ0n) is 15.5. The molecule has 0 aromatic carbocycles. The Kier molecular flexibility index (Phi) is 3.90. The van der Waals surface area contributed by atoms with E-state index in [1.165, 1.54) is 12.8 Å². The summed E-state index contributed by atoms with van der Waals surface area (Å²) in [7, 11) is 0. The van der Waals surface area contributed by atoms with Crippen molar-refractivity contribution < 1.29 is 0 Å². The van der Waals surface area contributed by atoms with Crippen LogP contribution in [0.15, 0.2) is 49.2 Å². The Balaban J connectivity index is 1.60. The number of rotatable bonds is 5. The Bertz CT molecular complexity index is 1180. The lowest BCUT2D eigenvalue weighted by Crippen LogP contribution is -2.11. The molecular formula is C21H19N7. The first-order valence-corrected chi connectivity index (χ1v) is 9.41. The van der Waals surface area contributed by atoms with Crippen molar-refractivity contribution in [2.45, 2.75) is 32.2 Å². The molecule has 0 radical (unpaired) electrons. The fourth-order valence-electron chi connectivity index (χ4n) is 3.58. The molecule has 4 aromatic heterocycles. The van der Waals surface area contributed by atoms with E-state index in [4.69, 9.17) is 4.98 Å². The molecule has 0 spiro atoms. The third kappa shape index (κ3) is 2.93. The SMILES string of the molecule is Cc1ccc(-c2cc3nccn3c(-c3cnn(C(CC#N)C4CC4)c3)n2)cn1. The van der Waals surface area contributed by atoms with Gasteiger partial charge in [0.1, 0.15) is 11.5 Å². The van der Waals surface area contributed by atoms with Crippen molar-refractivity contribution in [3.63, 3.8) is 0 Å². The van der Waals surface area contributed by atoms with E-state index in [9.17, 15) is 5.26 Å². The molecule has 0 saturated heterocycles. The van der Waals surface area contributed by atoms with E-state index in [0.717, 1.165) is 34.0 Å². The van der Waals surface area contributed by atoms with Crippen LogP contribution in [0, 0.1) is 24.2 Å². The predicted molar refractivity (Wildman–Crippen MR) is 104 cm³/mol. The first-order chi connectivity index (χ1) is 13.7. The Morgan fingerprint density at radius 3 is 2.86 bits per heavy atom. The van der Waals surface area contributed by atoms with Crippen LogP contribution in [0.3, 0.4) is 0 Å². The molecule has 4 aromatic rings. The molecule has 1 unspecified atom stereocenters. The van der Waals surface area contributed by atoms with E-state index < -0.39 is 0 Å². The molecule has 28 heavy (non-hydrogen) atoms. The van der Waals surface area contributed by atoms with E-state index in [1.54, 1.807) is 6.20 Å². The number of fused-ring (bicyclic) bond motifs is 1. The molecule has 7 heteroatoms. The van der Waals surface area contributed by atoms with E-state index in [-0.39, 0.29) is 6.04 Å². The van der Waals surface area contributed by atoms with E-state index in [1.807, 2.05) is 59.0 Å². The monoisotopic (exact) mass is 369 g/mol. The summed E-state index contributed by atoms with van der Waals surface area (Å²) in [5.74, 6) is 1.34. The standard InChI is InChI=1S/C21H19N7/c1-14-2-3-16(11-24-14)18-10-20-23-8-9-27(20)21(26-18)17-12-25-28(13-17)19(6-7-22)15-4-5-15/h2-3,8-13,15,19H,4-6H2,1H3. The minimum atomic E-state index is 0.140. The highest BCUT2D eigenvalue weighted by molar-refractivity contribution is 5.68. The number of imidazole rings is 1. The zero-order chi connectivity index (χ0) is 19.1. The van der Waals surface area contributed by atoms with Gasteiger partial charge in [0.05, 0.1) is 36.0 Å². The van der Waals surface area contributed by atoms with Gasteiger partial charge < -0.3 is 0 Å². The highest BCUT2D eigenvalue weighted by atomic mass is 15.3. The number of pyridine rings is 1. The van der Waals surface area contributed by atoms with E-state index in [0.29, 0.717) is 12.3 Å². The summed E-state index contributed by atoms with van der Waals surface area (Å²) in [6.45, 7) is 1.96. The Labute approximate surface area is 162 Å². The molecule has 1 aliphatic carbocycles. The third-order valence-corrected chi connectivity index (χ3v) is 5.26. The van der Waals surface area contributed by atoms with Gasteiger partial charge >= 0.3 is 0 Å². The maximum Gasteiger partial charge on any atom is 0.149 e. The maximum absolute atomic E-state index is 9.17. The minimum absolute atomic E-state index is 0.140. The van der Waals surface area contributed by atoms with Gasteiger partial charge in [-0.2, -0.15) is 10.4 Å². The van der Waals surface area contributed by atoms with Gasteiger partial charge in [-0.1, -0.05) is 0 Å². The maximum atomic E-state index is 9.17. The van der Waals surface area contributed by atoms with Crippen molar-refractivity contribution >= 4 is 5.65 Å². The third-order valence-electron chi connectivity index (χ3n) is 5.26. The van der Waals surface area contributed by atoms with Crippen LogP contribution < -0.4 is 0 Å². The number of hydrogen-bond acceptors (Lipinski definition) is 5. The molecule has 1 atom stereocenters. The van der Waals surface area contributed by atoms with Gasteiger partial charge in [0.25, 0.3) is 0 Å². The van der Waals surface area contributed by atoms with Crippen LogP contribution in [0.5, 0.6) is 0 Å². The Morgan fingerprint density at radius 2 is 2.11 bits per heavy atom. The van der Waals surface area contributed by atoms with Crippen molar-refractivity contribution in [2.24, 2.45) is 5.92 Å². The lowest BCUT2D eigenvalue weighted by molar-refractivity contribution is 0.412. The van der Waals surface area contributed by atoms with E-state index >= 15 is 0 Å². The number of nitriles is 1. The lowest BCUT2D eigenvalue weighted by Gasteiger charge is -2.12. The molecule has 1 aliphatic rings. The molecule has 1 saturated carbocycles. The van der Waals surface area contributed by atoms with Crippen molar-refractivity contribution in [1.29, 1.82) is 5.26 Å². The molecule has 1 fully saturated rings. The number of nitrogens with zero attached hydrogens (tertiary/aromatic N) is 7. The molecule has 0 aliphatic heterocycles. The summed E-state index contributed by atoms with van der Waals surface area (Å²) in [6.07, 6.45) is 12.1. The van der Waals surface area contributed by atoms with Crippen LogP contribution in [0.4, 0.5) is 0 Å². The van der Waals surface area contributed by atoms with Crippen molar-refractivity contribution in [1.82, 2.24) is 29.1 Å². The summed E-state index contributed by atoms with van der Waals surface area (Å²) < 4.78 is 3.89. The van der Waals surface area contributed by atoms with Gasteiger partial charge in [-0.3, -0.25) is 14.1 Å². The van der Waals surface area contributed by atoms with Crippen LogP contribution in [-0.4, -0.2) is 29.1 Å². The molecule has 0 bridgehead atoms. The van der Waals surface area contributed by atoms with Crippen LogP contribution in [0.1, 0.15) is 31.0 Å². The Morgan fingerprint density at radius 1 is 1.21 bits per heavy atom. The second kappa shape index (κ2) is 6.57. The first-order valence-electron chi connectivity index (χ1n) is 9.41. The predicted octanol–water partition coefficient (Wildman–Crippen LogP) is 3.83. The average molecular weight is 369 g/mol. The molecular weight excluding hydrogens is 350 g/mol. The second-order valence-corrected chi connectivity index (χ2v) is 7.28. The summed E-state index contributed by atoms with van der Waals surface area (Å²) >= 11 is 0.